The summed E-state index contributed by atoms with van der Waals surface area (Å²) < 4.78 is 45.7. The molecule has 1 aromatic heterocycles. The largest absolute Gasteiger partial charge is 0.508 e. The number of aliphatic hydroxyl groups excluding tert-OH is 6. The van der Waals surface area contributed by atoms with E-state index in [1.807, 2.05) is 13.8 Å². The average Bonchev–Trinajstić information content (AvgIpc) is 0.764. The summed E-state index contributed by atoms with van der Waals surface area (Å²) in [6, 6.07) is 5.83. The van der Waals surface area contributed by atoms with Crippen LogP contribution in [0.4, 0.5) is 5.82 Å². The minimum absolute atomic E-state index is 0.0151. The average molecular weight is 1860 g/mol. The number of hydrogen-bond acceptors (Lipinski definition) is 30. The van der Waals surface area contributed by atoms with Crippen LogP contribution in [0.3, 0.4) is 0 Å². The lowest BCUT2D eigenvalue weighted by Gasteiger charge is -2.48. The molecule has 0 saturated carbocycles. The topological polar surface area (TPSA) is 591 Å². The molecule has 0 radical (unpaired) electrons. The molecule has 11 bridgehead atoms. The van der Waals surface area contributed by atoms with Gasteiger partial charge in [0.15, 0.2) is 23.9 Å². The van der Waals surface area contributed by atoms with E-state index >= 15 is 24.0 Å². The van der Waals surface area contributed by atoms with Crippen molar-refractivity contribution in [2.45, 2.75) is 176 Å². The van der Waals surface area contributed by atoms with Crippen molar-refractivity contribution in [1.29, 1.82) is 0 Å². The molecule has 18 atom stereocenters. The summed E-state index contributed by atoms with van der Waals surface area (Å²) in [6.07, 6.45) is -17.9. The maximum atomic E-state index is 16.4. The van der Waals surface area contributed by atoms with E-state index < -0.39 is 254 Å². The number of carbonyl (C=O) groups is 9. The number of amides is 9. The van der Waals surface area contributed by atoms with E-state index in [1.54, 1.807) is 25.1 Å². The highest BCUT2D eigenvalue weighted by Gasteiger charge is 2.52. The second kappa shape index (κ2) is 41.5. The Kier molecular flexibility index (Phi) is 31.1. The van der Waals surface area contributed by atoms with Crippen LogP contribution < -0.4 is 79.0 Å². The van der Waals surface area contributed by atoms with Gasteiger partial charge in [-0.1, -0.05) is 84.5 Å². The van der Waals surface area contributed by atoms with Crippen molar-refractivity contribution in [1.82, 2.24) is 57.6 Å². The molecule has 7 aliphatic rings. The highest BCUT2D eigenvalue weighted by Crippen LogP contribution is 2.50. The summed E-state index contributed by atoms with van der Waals surface area (Å²) in [6.45, 7) is 5.25. The monoisotopic (exact) mass is 1860 g/mol. The maximum Gasteiger partial charge on any atom is 0.349 e. The molecule has 9 amide bonds. The van der Waals surface area contributed by atoms with Crippen molar-refractivity contribution in [3.63, 3.8) is 0 Å². The number of nitrogens with one attached hydrogen (secondary N) is 10. The van der Waals surface area contributed by atoms with Gasteiger partial charge in [-0.3, -0.25) is 52.6 Å². The van der Waals surface area contributed by atoms with Gasteiger partial charge in [0.1, 0.15) is 101 Å². The Bertz CT molecular complexity index is 5430. The first-order valence-electron chi connectivity index (χ1n) is 40.3. The first-order chi connectivity index (χ1) is 60.8. The van der Waals surface area contributed by atoms with E-state index in [1.165, 1.54) is 50.0 Å². The minimum Gasteiger partial charge on any atom is -0.508 e. The zero-order valence-corrected chi connectivity index (χ0v) is 72.2. The molecule has 128 heavy (non-hydrogen) atoms. The third kappa shape index (κ3) is 22.2. The number of likely N-dealkylation sites (N-methyl/N-ethyl adjacent to an activating group) is 1. The Morgan fingerprint density at radius 2 is 1.37 bits per heavy atom. The second-order valence-corrected chi connectivity index (χ2v) is 33.2. The number of methoxy groups -OCH3 is 1. The minimum atomic E-state index is -2.40. The van der Waals surface area contributed by atoms with E-state index in [9.17, 15) is 69.9 Å². The smallest absolute Gasteiger partial charge is 0.349 e. The third-order valence-corrected chi connectivity index (χ3v) is 23.3. The van der Waals surface area contributed by atoms with Gasteiger partial charge < -0.3 is 133 Å². The number of anilines is 1. The molecule has 2 saturated heterocycles. The molecular formula is C84H95Cl4N13O27. The van der Waals surface area contributed by atoms with Crippen LogP contribution in [0.5, 0.6) is 46.0 Å². The molecule has 2 fully saturated rings. The zero-order chi connectivity index (χ0) is 92.6. The second-order valence-electron chi connectivity index (χ2n) is 31.6. The van der Waals surface area contributed by atoms with Crippen molar-refractivity contribution < 1.29 is 127 Å². The van der Waals surface area contributed by atoms with E-state index in [-0.39, 0.29) is 79.7 Å². The van der Waals surface area contributed by atoms with E-state index in [0.29, 0.717) is 16.5 Å². The number of aromatic hydroxyl groups is 3. The fraction of sp³-hybridized carbons (Fsp3) is 0.417. The van der Waals surface area contributed by atoms with E-state index in [2.05, 4.69) is 58.3 Å². The quantitative estimate of drug-likeness (QED) is 0.0289. The number of halogens is 4. The summed E-state index contributed by atoms with van der Waals surface area (Å²) in [4.78, 5) is 156. The number of primary amides is 1. The number of nitrogens with two attached hydrogens (primary N) is 1. The fourth-order valence-corrected chi connectivity index (χ4v) is 16.0. The van der Waals surface area contributed by atoms with Crippen molar-refractivity contribution in [3.05, 3.63) is 173 Å². The van der Waals surface area contributed by atoms with Gasteiger partial charge in [-0.15, -0.1) is 0 Å². The number of nitrogens with zero attached hydrogens (tertiary/aromatic N) is 2. The number of phenolic OH excluding ortho intramolecular Hbond substituents is 3. The molecule has 8 heterocycles. The summed E-state index contributed by atoms with van der Waals surface area (Å²) in [5.41, 5.74) is 3.82. The molecule has 6 aromatic carbocycles. The van der Waals surface area contributed by atoms with E-state index in [0.717, 1.165) is 72.3 Å². The lowest BCUT2D eigenvalue weighted by atomic mass is 9.85. The van der Waals surface area contributed by atoms with Crippen LogP contribution in [0, 0.1) is 5.92 Å². The molecular weight excluding hydrogens is 1760 g/mol. The number of fused-ring (bicyclic) bond motifs is 15. The van der Waals surface area contributed by atoms with Crippen molar-refractivity contribution in [2.24, 2.45) is 11.7 Å². The Balaban J connectivity index is 0.988. The number of aryl methyl sites for hydroxylation is 1. The van der Waals surface area contributed by atoms with Gasteiger partial charge >= 0.3 is 5.69 Å². The lowest BCUT2D eigenvalue weighted by molar-refractivity contribution is -0.334. The molecule has 44 heteroatoms. The Morgan fingerprint density at radius 1 is 0.703 bits per heavy atom. The molecule has 0 unspecified atom stereocenters. The summed E-state index contributed by atoms with van der Waals surface area (Å²) >= 11 is 26.6. The molecule has 7 aliphatic heterocycles. The third-order valence-electron chi connectivity index (χ3n) is 22.0. The highest BCUT2D eigenvalue weighted by atomic mass is 35.5. The number of aliphatic hydroxyl groups is 6. The molecule has 7 aromatic rings. The number of hydrogen-bond donors (Lipinski definition) is 20. The van der Waals surface area contributed by atoms with Gasteiger partial charge in [0, 0.05) is 62.0 Å². The van der Waals surface area contributed by atoms with Crippen molar-refractivity contribution >= 4 is 105 Å². The van der Waals surface area contributed by atoms with Crippen LogP contribution in [0.25, 0.3) is 11.1 Å². The number of phenols is 3. The van der Waals surface area contributed by atoms with Crippen LogP contribution in [0.1, 0.15) is 117 Å². The molecule has 0 spiro atoms. The summed E-state index contributed by atoms with van der Waals surface area (Å²) in [7, 11) is 2.80. The molecule has 21 N–H and O–H groups in total. The summed E-state index contributed by atoms with van der Waals surface area (Å²) in [5.74, 6) is -16.1. The Morgan fingerprint density at radius 3 is 2.01 bits per heavy atom. The Hall–Kier alpha value is -11.1. The van der Waals surface area contributed by atoms with Gasteiger partial charge in [-0.05, 0) is 146 Å². The predicted octanol–water partition coefficient (Wildman–Crippen LogP) is 2.48. The maximum absolute atomic E-state index is 16.4. The van der Waals surface area contributed by atoms with Crippen molar-refractivity contribution in [3.8, 4) is 57.1 Å². The van der Waals surface area contributed by atoms with Crippen LogP contribution in [0.2, 0.25) is 20.1 Å². The van der Waals surface area contributed by atoms with Gasteiger partial charge in [-0.25, -0.2) is 10.3 Å². The van der Waals surface area contributed by atoms with Crippen LogP contribution >= 0.6 is 46.4 Å². The number of hydroxylamine groups is 1. The number of aromatic nitrogens is 2. The first-order valence-corrected chi connectivity index (χ1v) is 41.8. The lowest BCUT2D eigenvalue weighted by Crippen LogP contribution is -2.65. The van der Waals surface area contributed by atoms with Crippen molar-refractivity contribution in [2.75, 3.05) is 45.8 Å². The number of rotatable bonds is 25. The fourth-order valence-electron chi connectivity index (χ4n) is 15.2. The van der Waals surface area contributed by atoms with Gasteiger partial charge in [0.2, 0.25) is 59.3 Å². The Labute approximate surface area is 749 Å². The molecule has 0 aliphatic carbocycles. The number of carbonyl (C=O) groups excluding carboxylic acids is 9. The summed E-state index contributed by atoms with van der Waals surface area (Å²) in [5, 5.41) is 130. The number of ether oxygens (including phenoxy) is 7. The SMILES string of the molecule is CN[C@H](CC(C)C)C(=O)N[C@H]1C(=O)N[C@@H](CC(N)=O)C(=O)N[C@H]2C(=O)N[C@H]3C(=O)N[C@H](C(=O)N[C@@H](C(=O)NOCCOC)c4cc(O)cc(O)c4-c4cc3ccc4O)[C@H](O)c3ccc(c(Cl)c3)Oc3cc2cc(c3O[C@@H]2O[C@H](CO)[C@@H](O)[C@H](O)[C@H]2O[C@H]2C[C@](C)(NCCn3ccc(NC(=O)CCc4ccc(Cl)c(Cl)c4)nc3=O)[C@H](O)[C@H](C)O2)Oc2ccc(cc2Cl)[C@H]1O. The zero-order valence-electron chi connectivity index (χ0n) is 69.2. The predicted molar refractivity (Wildman–Crippen MR) is 453 cm³/mol. The van der Waals surface area contributed by atoms with Gasteiger partial charge in [0.25, 0.3) is 5.91 Å². The molecule has 14 rings (SSSR count). The standard InChI is InChI=1S/C84H95Cl4N13O27/c1-35(2)23-49(90-5)75(113)98-66-68(108)39-10-14-53(47(87)26-39)124-55-28-41-29-56(72(55)128-82-73(71(111)70(110)57(34-102)126-82)127-61-33-84(4,74(112)36(3)123-61)91-18-20-101-19-17-59(94-83(101)120)93-60(107)16-8-37-7-12-45(85)46(86)24-37)125-54-15-11-40(27-48(54)88)69(109)67-80(118)97-65(81(119)100-122-22-21-121-6)44-30-42(103)31-52(105)62(44)43-25-38(9-13-51(43)104)63(77(115)99-67)96-78(116)64(41)95-76(114)50(32-58(89)106)92-79(66)117/h7,9-15,17,19,24-31,35-36,49-50,57,61,63-71,73-74,82,90-91,102-105,108-112H,8,16,18,20-23,32-34H2,1-6H3,(H2,89,106)(H,92,117)(H,95,114)(H,96,116)(H,97,118)(H,98,113)(H,99,115)(H,100,119)(H,93,94,107,120)/t36-,49+,50-,57+,61-,63+,64+,65+,66+,67-,68+,69+,70+,71-,73+,74+,82-,84-/m0/s1. The van der Waals surface area contributed by atoms with Crippen LogP contribution in [-0.4, -0.2) is 228 Å². The first kappa shape index (κ1) is 96.0. The van der Waals surface area contributed by atoms with E-state index in [4.69, 9.17) is 90.1 Å². The highest BCUT2D eigenvalue weighted by molar-refractivity contribution is 6.42. The van der Waals surface area contributed by atoms with Crippen LogP contribution in [0.15, 0.2) is 114 Å². The normalized spacial score (nSPS) is 25.6. The van der Waals surface area contributed by atoms with Crippen LogP contribution in [-0.2, 0) is 79.9 Å². The molecule has 40 nitrogen and oxygen atoms in total. The van der Waals surface area contributed by atoms with Gasteiger partial charge in [0.05, 0.1) is 64.6 Å². The van der Waals surface area contributed by atoms with Gasteiger partial charge in [-0.2, -0.15) is 4.98 Å². The number of benzene rings is 6. The molecule has 686 valence electrons.